The molecule has 3 heteroatoms. The summed E-state index contributed by atoms with van der Waals surface area (Å²) in [7, 11) is 0. The number of piperidine rings is 1. The third-order valence-corrected chi connectivity index (χ3v) is 5.41. The molecule has 2 aromatic rings. The molecule has 0 bridgehead atoms. The fourth-order valence-corrected chi connectivity index (χ4v) is 3.96. The van der Waals surface area contributed by atoms with Gasteiger partial charge < -0.3 is 10.0 Å². The van der Waals surface area contributed by atoms with Crippen LogP contribution < -0.4 is 0 Å². The first-order valence-electron chi connectivity index (χ1n) is 11.2. The van der Waals surface area contributed by atoms with Crippen molar-refractivity contribution in [2.24, 2.45) is 11.8 Å². The van der Waals surface area contributed by atoms with Crippen LogP contribution in [0.4, 0.5) is 0 Å². The second kappa shape index (κ2) is 12.9. The van der Waals surface area contributed by atoms with Crippen LogP contribution in [0.3, 0.4) is 0 Å². The Kier molecular flexibility index (Phi) is 10.2. The van der Waals surface area contributed by atoms with Crippen LogP contribution in [-0.2, 0) is 24.1 Å². The van der Waals surface area contributed by atoms with E-state index >= 15 is 0 Å². The van der Waals surface area contributed by atoms with E-state index in [-0.39, 0.29) is 5.91 Å². The highest BCUT2D eigenvalue weighted by molar-refractivity contribution is 5.78. The number of aliphatic hydroxyl groups is 1. The lowest BCUT2D eigenvalue weighted by Gasteiger charge is -2.33. The average molecular weight is 408 g/mol. The Hall–Kier alpha value is -2.55. The summed E-state index contributed by atoms with van der Waals surface area (Å²) in [5.41, 5.74) is 3.87. The highest BCUT2D eigenvalue weighted by Gasteiger charge is 2.23. The maximum atomic E-state index is 12.8. The van der Waals surface area contributed by atoms with Crippen LogP contribution in [0.15, 0.2) is 66.9 Å². The number of nitrogens with zero attached hydrogens (tertiary/aromatic N) is 1. The minimum Gasteiger partial charge on any atom is -0.516 e. The Morgan fingerprint density at radius 2 is 1.70 bits per heavy atom. The summed E-state index contributed by atoms with van der Waals surface area (Å²) in [5, 5.41) is 7.69. The van der Waals surface area contributed by atoms with Gasteiger partial charge in [-0.15, -0.1) is 0 Å². The number of benzene rings is 2. The number of likely N-dealkylation sites (tertiary alicyclic amines) is 1. The maximum absolute atomic E-state index is 12.8. The van der Waals surface area contributed by atoms with Gasteiger partial charge in [0.2, 0.25) is 5.91 Å². The summed E-state index contributed by atoms with van der Waals surface area (Å²) >= 11 is 0. The van der Waals surface area contributed by atoms with Crippen molar-refractivity contribution in [2.45, 2.75) is 52.9 Å². The van der Waals surface area contributed by atoms with Crippen LogP contribution in [0, 0.1) is 11.8 Å². The lowest BCUT2D eigenvalue weighted by molar-refractivity contribution is -0.132. The molecule has 1 atom stereocenters. The molecule has 1 saturated heterocycles. The lowest BCUT2D eigenvalue weighted by Crippen LogP contribution is -2.41. The van der Waals surface area contributed by atoms with Crippen molar-refractivity contribution in [1.82, 2.24) is 4.90 Å². The topological polar surface area (TPSA) is 40.5 Å². The number of rotatable bonds is 6. The van der Waals surface area contributed by atoms with Crippen molar-refractivity contribution in [3.05, 3.63) is 83.6 Å². The normalized spacial score (nSPS) is 16.4. The highest BCUT2D eigenvalue weighted by Crippen LogP contribution is 2.21. The zero-order valence-electron chi connectivity index (χ0n) is 18.8. The van der Waals surface area contributed by atoms with Gasteiger partial charge in [-0.25, -0.2) is 0 Å². The molecule has 0 saturated carbocycles. The van der Waals surface area contributed by atoms with Crippen molar-refractivity contribution < 1.29 is 9.90 Å². The molecule has 3 rings (SSSR count). The molecule has 1 unspecified atom stereocenters. The number of hydrogen-bond acceptors (Lipinski definition) is 2. The molecular weight excluding hydrogens is 370 g/mol. The van der Waals surface area contributed by atoms with E-state index in [2.05, 4.69) is 73.3 Å². The molecule has 3 nitrogen and oxygen atoms in total. The average Bonchev–Trinajstić information content (AvgIpc) is 2.76. The van der Waals surface area contributed by atoms with E-state index in [9.17, 15) is 4.79 Å². The van der Waals surface area contributed by atoms with Gasteiger partial charge in [-0.1, -0.05) is 74.5 Å². The molecular formula is C27H37NO2. The Balaban J connectivity index is 0.000000735. The highest BCUT2D eigenvalue weighted by atomic mass is 16.2. The van der Waals surface area contributed by atoms with Crippen molar-refractivity contribution in [3.8, 4) is 0 Å². The van der Waals surface area contributed by atoms with Crippen LogP contribution in [0.2, 0.25) is 0 Å². The summed E-state index contributed by atoms with van der Waals surface area (Å²) in [6.45, 7) is 8.04. The molecule has 0 aliphatic carbocycles. The molecule has 1 N–H and O–H groups in total. The number of aliphatic hydroxyl groups excluding tert-OH is 1. The fourth-order valence-electron chi connectivity index (χ4n) is 3.96. The summed E-state index contributed by atoms with van der Waals surface area (Å²) in [6.07, 6.45) is 7.61. The van der Waals surface area contributed by atoms with Crippen molar-refractivity contribution in [3.63, 3.8) is 0 Å². The van der Waals surface area contributed by atoms with Crippen molar-refractivity contribution in [2.75, 3.05) is 13.1 Å². The molecule has 30 heavy (non-hydrogen) atoms. The van der Waals surface area contributed by atoms with E-state index in [0.717, 1.165) is 44.2 Å². The van der Waals surface area contributed by atoms with Crippen molar-refractivity contribution in [1.29, 1.82) is 0 Å². The van der Waals surface area contributed by atoms with Gasteiger partial charge in [0.05, 0.1) is 12.7 Å². The molecule has 2 aromatic carbocycles. The third-order valence-electron chi connectivity index (χ3n) is 5.41. The Morgan fingerprint density at radius 3 is 2.30 bits per heavy atom. The van der Waals surface area contributed by atoms with Gasteiger partial charge in [0.25, 0.3) is 0 Å². The first-order chi connectivity index (χ1) is 14.5. The van der Waals surface area contributed by atoms with Gasteiger partial charge >= 0.3 is 0 Å². The molecule has 1 fully saturated rings. The van der Waals surface area contributed by atoms with Crippen LogP contribution in [0.25, 0.3) is 0 Å². The van der Waals surface area contributed by atoms with E-state index in [1.807, 2.05) is 0 Å². The first-order valence-corrected chi connectivity index (χ1v) is 11.2. The summed E-state index contributed by atoms with van der Waals surface area (Å²) in [4.78, 5) is 14.8. The molecule has 1 aliphatic rings. The number of allylic oxidation sites excluding steroid dienone is 1. The van der Waals surface area contributed by atoms with Crippen LogP contribution >= 0.6 is 0 Å². The lowest BCUT2D eigenvalue weighted by atomic mass is 9.91. The largest absolute Gasteiger partial charge is 0.516 e. The fraction of sp³-hybridized carbons (Fsp3) is 0.444. The zero-order valence-corrected chi connectivity index (χ0v) is 18.8. The van der Waals surface area contributed by atoms with Crippen LogP contribution in [0.1, 0.15) is 50.3 Å². The van der Waals surface area contributed by atoms with E-state index < -0.39 is 0 Å². The Morgan fingerprint density at radius 1 is 1.07 bits per heavy atom. The molecule has 1 heterocycles. The molecule has 0 aromatic heterocycles. The molecule has 1 aliphatic heterocycles. The second-order valence-corrected chi connectivity index (χ2v) is 8.61. The number of hydrogen-bond donors (Lipinski definition) is 1. The van der Waals surface area contributed by atoms with E-state index in [1.165, 1.54) is 17.5 Å². The van der Waals surface area contributed by atoms with Gasteiger partial charge in [-0.05, 0) is 61.1 Å². The van der Waals surface area contributed by atoms with Gasteiger partial charge in [-0.2, -0.15) is 0 Å². The van der Waals surface area contributed by atoms with Crippen molar-refractivity contribution >= 4 is 5.91 Å². The Bertz CT molecular complexity index is 761. The monoisotopic (exact) mass is 407 g/mol. The first kappa shape index (κ1) is 23.7. The van der Waals surface area contributed by atoms with Crippen LogP contribution in [0.5, 0.6) is 0 Å². The number of amides is 1. The predicted molar refractivity (Wildman–Crippen MR) is 126 cm³/mol. The second-order valence-electron chi connectivity index (χ2n) is 8.61. The molecule has 1 amide bonds. The van der Waals surface area contributed by atoms with Gasteiger partial charge in [-0.3, -0.25) is 4.79 Å². The molecule has 162 valence electrons. The molecule has 0 radical (unpaired) electrons. The van der Waals surface area contributed by atoms with E-state index in [0.29, 0.717) is 18.3 Å². The standard InChI is InChI=1S/C24H31NO.C3H6O/c1-19(2)15-21-10-12-22(13-11-21)17-24(26)25-14-6-9-23(18-25)16-20-7-4-3-5-8-20;1-2-3-4/h3-5,7-8,10-13,19,23H,6,9,14-18H2,1-2H3;2-4H,1H3/b;3-2+. The Labute approximate surface area is 182 Å². The summed E-state index contributed by atoms with van der Waals surface area (Å²) in [5.74, 6) is 1.53. The molecule has 0 spiro atoms. The maximum Gasteiger partial charge on any atom is 0.226 e. The van der Waals surface area contributed by atoms with Gasteiger partial charge in [0.1, 0.15) is 0 Å². The smallest absolute Gasteiger partial charge is 0.226 e. The van der Waals surface area contributed by atoms with Gasteiger partial charge in [0.15, 0.2) is 0 Å². The minimum absolute atomic E-state index is 0.277. The summed E-state index contributed by atoms with van der Waals surface area (Å²) in [6, 6.07) is 19.3. The zero-order chi connectivity index (χ0) is 21.8. The quantitative estimate of drug-likeness (QED) is 0.598. The van der Waals surface area contributed by atoms with E-state index in [4.69, 9.17) is 5.11 Å². The minimum atomic E-state index is 0.277. The number of carbonyl (C=O) groups excluding carboxylic acids is 1. The SMILES string of the molecule is C/C=C/O.CC(C)Cc1ccc(CC(=O)N2CCCC(Cc3ccccc3)C2)cc1. The predicted octanol–water partition coefficient (Wildman–Crippen LogP) is 5.99. The number of carbonyl (C=O) groups is 1. The van der Waals surface area contributed by atoms with Crippen LogP contribution in [-0.4, -0.2) is 29.0 Å². The summed E-state index contributed by atoms with van der Waals surface area (Å²) < 4.78 is 0. The third kappa shape index (κ3) is 8.44. The van der Waals surface area contributed by atoms with E-state index in [1.54, 1.807) is 13.0 Å². The van der Waals surface area contributed by atoms with Gasteiger partial charge in [0, 0.05) is 13.1 Å².